The van der Waals surface area contributed by atoms with Crippen LogP contribution in [0.5, 0.6) is 0 Å². The molecule has 0 aromatic heterocycles. The summed E-state index contributed by atoms with van der Waals surface area (Å²) in [7, 11) is -5.03. The van der Waals surface area contributed by atoms with E-state index < -0.39 is 63.1 Å². The van der Waals surface area contributed by atoms with Crippen molar-refractivity contribution >= 4 is 13.8 Å². The molecule has 396 valence electrons. The third-order valence-electron chi connectivity index (χ3n) is 12.4. The number of allylic oxidation sites excluding steroid dienone is 10. The average molecular weight is 983 g/mol. The van der Waals surface area contributed by atoms with E-state index in [0.29, 0.717) is 13.0 Å². The fraction of sp³-hybridized carbons (Fsp3) is 0.800. The van der Waals surface area contributed by atoms with Gasteiger partial charge in [0.05, 0.1) is 13.2 Å². The van der Waals surface area contributed by atoms with Crippen LogP contribution < -0.4 is 0 Å². The van der Waals surface area contributed by atoms with Crippen LogP contribution in [0.15, 0.2) is 60.8 Å². The lowest BCUT2D eigenvalue weighted by Crippen LogP contribution is -2.64. The maximum Gasteiger partial charge on any atom is 0.472 e. The van der Waals surface area contributed by atoms with E-state index in [1.54, 1.807) is 0 Å². The van der Waals surface area contributed by atoms with Gasteiger partial charge in [0.15, 0.2) is 0 Å². The van der Waals surface area contributed by atoms with Gasteiger partial charge in [0.25, 0.3) is 0 Å². The first kappa shape index (κ1) is 64.1. The summed E-state index contributed by atoms with van der Waals surface area (Å²) < 4.78 is 34.3. The van der Waals surface area contributed by atoms with Crippen molar-refractivity contribution in [2.45, 2.75) is 262 Å². The van der Waals surface area contributed by atoms with E-state index in [0.717, 1.165) is 77.0 Å². The Morgan fingerprint density at radius 2 is 0.824 bits per heavy atom. The Balaban J connectivity index is 2.34. The maximum atomic E-state index is 12.9. The highest BCUT2D eigenvalue weighted by Gasteiger charge is 2.51. The fourth-order valence-electron chi connectivity index (χ4n) is 8.04. The van der Waals surface area contributed by atoms with Gasteiger partial charge in [-0.15, -0.1) is 0 Å². The Labute approximate surface area is 413 Å². The third kappa shape index (κ3) is 36.0. The van der Waals surface area contributed by atoms with Crippen LogP contribution in [-0.2, 0) is 27.9 Å². The number of rotatable bonds is 46. The molecule has 1 aliphatic rings. The normalized spacial score (nSPS) is 21.6. The number of hydrogen-bond acceptors (Lipinski definition) is 11. The molecule has 13 heteroatoms. The van der Waals surface area contributed by atoms with E-state index in [4.69, 9.17) is 18.5 Å². The van der Waals surface area contributed by atoms with Gasteiger partial charge in [0.1, 0.15) is 42.7 Å². The number of ether oxygens (including phenoxy) is 2. The van der Waals surface area contributed by atoms with E-state index >= 15 is 0 Å². The van der Waals surface area contributed by atoms with Crippen molar-refractivity contribution in [3.05, 3.63) is 60.8 Å². The first-order chi connectivity index (χ1) is 33.0. The maximum absolute atomic E-state index is 12.9. The van der Waals surface area contributed by atoms with Gasteiger partial charge in [0.2, 0.25) is 0 Å². The molecule has 0 saturated heterocycles. The monoisotopic (exact) mass is 983 g/mol. The Kier molecular flexibility index (Phi) is 42.3. The zero-order chi connectivity index (χ0) is 49.8. The number of phosphoric acid groups is 1. The lowest BCUT2D eigenvalue weighted by molar-refractivity contribution is -0.220. The van der Waals surface area contributed by atoms with E-state index in [9.17, 15) is 39.8 Å². The molecule has 6 atom stereocenters. The second-order valence-corrected chi connectivity index (χ2v) is 20.1. The van der Waals surface area contributed by atoms with Gasteiger partial charge in [-0.25, -0.2) is 4.57 Å². The zero-order valence-electron chi connectivity index (χ0n) is 42.6. The van der Waals surface area contributed by atoms with Gasteiger partial charge in [0, 0.05) is 13.0 Å². The number of carbonyl (C=O) groups excluding carboxylic acids is 1. The van der Waals surface area contributed by atoms with Crippen LogP contribution in [0.3, 0.4) is 0 Å². The van der Waals surface area contributed by atoms with Crippen molar-refractivity contribution in [3.63, 3.8) is 0 Å². The Bertz CT molecular complexity index is 1350. The van der Waals surface area contributed by atoms with Crippen LogP contribution in [0.2, 0.25) is 0 Å². The van der Waals surface area contributed by atoms with Crippen molar-refractivity contribution in [3.8, 4) is 0 Å². The molecule has 6 N–H and O–H groups in total. The summed E-state index contributed by atoms with van der Waals surface area (Å²) >= 11 is 0. The first-order valence-electron chi connectivity index (χ1n) is 27.1. The molecule has 1 fully saturated rings. The summed E-state index contributed by atoms with van der Waals surface area (Å²) in [6.07, 6.45) is 45.6. The van der Waals surface area contributed by atoms with Crippen LogP contribution in [0.4, 0.5) is 0 Å². The molecular weight excluding hydrogens is 884 g/mol. The molecule has 0 bridgehead atoms. The molecule has 68 heavy (non-hydrogen) atoms. The molecule has 0 heterocycles. The highest BCUT2D eigenvalue weighted by atomic mass is 31.2. The van der Waals surface area contributed by atoms with Crippen molar-refractivity contribution in [2.24, 2.45) is 0 Å². The molecule has 12 nitrogen and oxygen atoms in total. The minimum absolute atomic E-state index is 0.0868. The minimum atomic E-state index is -5.03. The van der Waals surface area contributed by atoms with Gasteiger partial charge in [-0.2, -0.15) is 0 Å². The van der Waals surface area contributed by atoms with Crippen LogP contribution in [0.25, 0.3) is 0 Å². The van der Waals surface area contributed by atoms with Crippen molar-refractivity contribution in [1.82, 2.24) is 0 Å². The Morgan fingerprint density at radius 1 is 0.471 bits per heavy atom. The molecule has 0 aliphatic heterocycles. The molecule has 1 rings (SSSR count). The number of phosphoric ester groups is 1. The van der Waals surface area contributed by atoms with Crippen LogP contribution in [0.1, 0.15) is 219 Å². The second kappa shape index (κ2) is 44.9. The second-order valence-electron chi connectivity index (χ2n) is 18.7. The number of aliphatic hydroxyl groups excluding tert-OH is 5. The van der Waals surface area contributed by atoms with E-state index in [1.807, 2.05) is 0 Å². The number of esters is 1. The first-order valence-corrected chi connectivity index (χ1v) is 28.6. The number of aliphatic hydroxyl groups is 5. The molecular formula is C55H99O12P. The highest BCUT2D eigenvalue weighted by molar-refractivity contribution is 7.47. The van der Waals surface area contributed by atoms with Gasteiger partial charge in [-0.1, -0.05) is 190 Å². The smallest absolute Gasteiger partial charge is 0.457 e. The average Bonchev–Trinajstić information content (AvgIpc) is 3.32. The van der Waals surface area contributed by atoms with Crippen LogP contribution >= 0.6 is 7.82 Å². The van der Waals surface area contributed by atoms with Crippen molar-refractivity contribution in [2.75, 3.05) is 19.8 Å². The van der Waals surface area contributed by atoms with Crippen LogP contribution in [0, 0.1) is 0 Å². The lowest BCUT2D eigenvalue weighted by atomic mass is 9.85. The van der Waals surface area contributed by atoms with Crippen molar-refractivity contribution < 1.29 is 58.3 Å². The van der Waals surface area contributed by atoms with Gasteiger partial charge >= 0.3 is 13.8 Å². The standard InChI is InChI=1S/C55H99O12P/c1-3-5-7-9-11-13-15-17-19-21-23-24-25-27-29-31-33-35-37-39-41-43-45-64-46-48(47-65-68(62,63)67-55-53(60)51(58)50(57)52(59)54(55)61)66-49(56)44-42-40-38-36-34-32-30-28-26-22-20-18-16-14-12-10-8-6-4-2/h12,14-15,17-18,20-21,23,25,27,48,50-55,57-61H,3-11,13,16,19,22,24,26,28-47H2,1-2H3,(H,62,63)/b14-12-,17-15-,20-18-,23-21-,27-25-. The van der Waals surface area contributed by atoms with E-state index in [-0.39, 0.29) is 13.0 Å². The Hall–Kier alpha value is -1.96. The SMILES string of the molecule is CCCCC/C=C\C/C=C\CCCCCCCCCCCC(=O)OC(COCCCCCCCCC/C=C\C/C=C\C/C=C\CCCCCCC)COP(=O)(O)OC1C(O)C(O)C(O)C(O)C1O. The Morgan fingerprint density at radius 3 is 1.28 bits per heavy atom. The molecule has 0 aromatic rings. The summed E-state index contributed by atoms with van der Waals surface area (Å²) in [5.41, 5.74) is 0. The predicted molar refractivity (Wildman–Crippen MR) is 276 cm³/mol. The van der Waals surface area contributed by atoms with Crippen molar-refractivity contribution in [1.29, 1.82) is 0 Å². The molecule has 0 spiro atoms. The van der Waals surface area contributed by atoms with Gasteiger partial charge < -0.3 is 39.9 Å². The topological polar surface area (TPSA) is 192 Å². The van der Waals surface area contributed by atoms with E-state index in [1.165, 1.54) is 116 Å². The fourth-order valence-corrected chi connectivity index (χ4v) is 9.01. The summed E-state index contributed by atoms with van der Waals surface area (Å²) in [6, 6.07) is 0. The summed E-state index contributed by atoms with van der Waals surface area (Å²) in [4.78, 5) is 23.3. The van der Waals surface area contributed by atoms with Gasteiger partial charge in [-0.3, -0.25) is 13.8 Å². The number of carbonyl (C=O) groups is 1. The quantitative estimate of drug-likeness (QED) is 0.0147. The minimum Gasteiger partial charge on any atom is -0.457 e. The molecule has 6 unspecified atom stereocenters. The molecule has 1 aliphatic carbocycles. The highest BCUT2D eigenvalue weighted by Crippen LogP contribution is 2.47. The largest absolute Gasteiger partial charge is 0.472 e. The van der Waals surface area contributed by atoms with E-state index in [2.05, 4.69) is 74.6 Å². The zero-order valence-corrected chi connectivity index (χ0v) is 43.5. The van der Waals surface area contributed by atoms with Gasteiger partial charge in [-0.05, 0) is 83.5 Å². The summed E-state index contributed by atoms with van der Waals surface area (Å²) in [6.45, 7) is 4.22. The molecule has 0 radical (unpaired) electrons. The lowest BCUT2D eigenvalue weighted by Gasteiger charge is -2.41. The number of unbranched alkanes of at least 4 members (excludes halogenated alkanes) is 24. The third-order valence-corrected chi connectivity index (χ3v) is 13.3. The predicted octanol–water partition coefficient (Wildman–Crippen LogP) is 12.5. The summed E-state index contributed by atoms with van der Waals surface area (Å²) in [5.74, 6) is -0.486. The molecule has 0 amide bonds. The molecule has 0 aromatic carbocycles. The summed E-state index contributed by atoms with van der Waals surface area (Å²) in [5, 5.41) is 50.4. The van der Waals surface area contributed by atoms with Crippen LogP contribution in [-0.4, -0.2) is 98.9 Å². The number of hydrogen-bond donors (Lipinski definition) is 6. The molecule has 1 saturated carbocycles.